The number of ether oxygens (including phenoxy) is 2. The number of methoxy groups -OCH3 is 1. The fourth-order valence-corrected chi connectivity index (χ4v) is 2.07. The van der Waals surface area contributed by atoms with Gasteiger partial charge in [-0.2, -0.15) is 0 Å². The first kappa shape index (κ1) is 16.8. The predicted octanol–water partition coefficient (Wildman–Crippen LogP) is 3.53. The Morgan fingerprint density at radius 3 is 2.61 bits per heavy atom. The van der Waals surface area contributed by atoms with E-state index in [1.807, 2.05) is 36.4 Å². The zero-order valence-corrected chi connectivity index (χ0v) is 13.2. The van der Waals surface area contributed by atoms with E-state index in [1.165, 1.54) is 13.2 Å². The molecular formula is C19H20O4. The van der Waals surface area contributed by atoms with Crippen LogP contribution in [-0.2, 0) is 20.7 Å². The van der Waals surface area contributed by atoms with Gasteiger partial charge in [0.2, 0.25) is 0 Å². The lowest BCUT2D eigenvalue weighted by molar-refractivity contribution is -0.163. The SMILES string of the molecule is COC(C)OC(=O)/C=C/c1cccc(Cc2ccc(O)cc2)c1. The fourth-order valence-electron chi connectivity index (χ4n) is 2.07. The average molecular weight is 312 g/mol. The third-order valence-electron chi connectivity index (χ3n) is 3.32. The van der Waals surface area contributed by atoms with Gasteiger partial charge in [0.1, 0.15) is 5.75 Å². The third-order valence-corrected chi connectivity index (χ3v) is 3.32. The summed E-state index contributed by atoms with van der Waals surface area (Å²) in [6.07, 6.45) is 3.29. The lowest BCUT2D eigenvalue weighted by Crippen LogP contribution is -2.14. The molecule has 0 heterocycles. The van der Waals surface area contributed by atoms with Crippen molar-refractivity contribution in [3.8, 4) is 5.75 Å². The van der Waals surface area contributed by atoms with Crippen molar-refractivity contribution in [3.05, 3.63) is 71.3 Å². The number of rotatable bonds is 6. The summed E-state index contributed by atoms with van der Waals surface area (Å²) in [6.45, 7) is 1.66. The van der Waals surface area contributed by atoms with E-state index in [9.17, 15) is 9.90 Å². The Balaban J connectivity index is 2.02. The smallest absolute Gasteiger partial charge is 0.333 e. The Morgan fingerprint density at radius 2 is 1.91 bits per heavy atom. The van der Waals surface area contributed by atoms with E-state index in [2.05, 4.69) is 0 Å². The second kappa shape index (κ2) is 8.15. The van der Waals surface area contributed by atoms with Gasteiger partial charge in [0.25, 0.3) is 0 Å². The van der Waals surface area contributed by atoms with Crippen LogP contribution < -0.4 is 0 Å². The molecule has 120 valence electrons. The highest BCUT2D eigenvalue weighted by molar-refractivity contribution is 5.87. The molecule has 0 radical (unpaired) electrons. The number of phenols is 1. The first-order chi connectivity index (χ1) is 11.1. The number of esters is 1. The second-order valence-electron chi connectivity index (χ2n) is 5.16. The molecule has 0 saturated carbocycles. The highest BCUT2D eigenvalue weighted by Crippen LogP contribution is 2.15. The van der Waals surface area contributed by atoms with Gasteiger partial charge >= 0.3 is 5.97 Å². The van der Waals surface area contributed by atoms with Gasteiger partial charge < -0.3 is 14.6 Å². The quantitative estimate of drug-likeness (QED) is 0.503. The Hall–Kier alpha value is -2.59. The summed E-state index contributed by atoms with van der Waals surface area (Å²) >= 11 is 0. The normalized spacial score (nSPS) is 12.3. The number of phenolic OH excluding ortho intramolecular Hbond substituents is 1. The summed E-state index contributed by atoms with van der Waals surface area (Å²) in [5.74, 6) is -0.183. The number of carbonyl (C=O) groups is 1. The summed E-state index contributed by atoms with van der Waals surface area (Å²) < 4.78 is 9.86. The fraction of sp³-hybridized carbons (Fsp3) is 0.211. The van der Waals surface area contributed by atoms with Crippen molar-refractivity contribution in [2.45, 2.75) is 19.6 Å². The molecule has 0 aromatic heterocycles. The van der Waals surface area contributed by atoms with Crippen LogP contribution in [-0.4, -0.2) is 24.5 Å². The van der Waals surface area contributed by atoms with Crippen molar-refractivity contribution < 1.29 is 19.4 Å². The minimum Gasteiger partial charge on any atom is -0.508 e. The number of hydrogen-bond donors (Lipinski definition) is 1. The average Bonchev–Trinajstić information content (AvgIpc) is 2.55. The van der Waals surface area contributed by atoms with Crippen LogP contribution in [0.3, 0.4) is 0 Å². The molecule has 4 heteroatoms. The number of benzene rings is 2. The molecule has 2 aromatic carbocycles. The van der Waals surface area contributed by atoms with Crippen LogP contribution in [0.1, 0.15) is 23.6 Å². The van der Waals surface area contributed by atoms with Gasteiger partial charge in [0, 0.05) is 13.2 Å². The standard InChI is InChI=1S/C19H20O4/c1-14(22-2)23-19(21)11-8-15-4-3-5-17(12-15)13-16-6-9-18(20)10-7-16/h3-12,14,20H,13H2,1-2H3/b11-8+. The van der Waals surface area contributed by atoms with Crippen LogP contribution in [0.25, 0.3) is 6.08 Å². The topological polar surface area (TPSA) is 55.8 Å². The molecule has 1 atom stereocenters. The molecule has 0 saturated heterocycles. The highest BCUT2D eigenvalue weighted by atomic mass is 16.7. The molecule has 23 heavy (non-hydrogen) atoms. The van der Waals surface area contributed by atoms with Crippen molar-refractivity contribution in [3.63, 3.8) is 0 Å². The van der Waals surface area contributed by atoms with Crippen LogP contribution in [0, 0.1) is 0 Å². The molecule has 2 rings (SSSR count). The number of carbonyl (C=O) groups excluding carboxylic acids is 1. The Kier molecular flexibility index (Phi) is 5.94. The van der Waals surface area contributed by atoms with Gasteiger partial charge in [-0.25, -0.2) is 4.79 Å². The molecule has 0 spiro atoms. The van der Waals surface area contributed by atoms with Gasteiger partial charge in [0.15, 0.2) is 6.29 Å². The second-order valence-corrected chi connectivity index (χ2v) is 5.16. The largest absolute Gasteiger partial charge is 0.508 e. The minimum absolute atomic E-state index is 0.259. The van der Waals surface area contributed by atoms with Crippen molar-refractivity contribution >= 4 is 12.0 Å². The first-order valence-electron chi connectivity index (χ1n) is 7.35. The Labute approximate surface area is 136 Å². The van der Waals surface area contributed by atoms with Crippen molar-refractivity contribution in [1.29, 1.82) is 0 Å². The van der Waals surface area contributed by atoms with Crippen LogP contribution in [0.15, 0.2) is 54.6 Å². The van der Waals surface area contributed by atoms with Crippen molar-refractivity contribution in [2.24, 2.45) is 0 Å². The van der Waals surface area contributed by atoms with E-state index in [4.69, 9.17) is 9.47 Å². The summed E-state index contributed by atoms with van der Waals surface area (Å²) in [5.41, 5.74) is 3.15. The maximum absolute atomic E-state index is 11.6. The van der Waals surface area contributed by atoms with E-state index in [0.717, 1.165) is 23.1 Å². The molecule has 1 unspecified atom stereocenters. The maximum Gasteiger partial charge on any atom is 0.333 e. The number of hydrogen-bond acceptors (Lipinski definition) is 4. The molecular weight excluding hydrogens is 292 g/mol. The van der Waals surface area contributed by atoms with Crippen molar-refractivity contribution in [2.75, 3.05) is 7.11 Å². The van der Waals surface area contributed by atoms with Crippen LogP contribution in [0.5, 0.6) is 5.75 Å². The third kappa shape index (κ3) is 5.60. The molecule has 0 aliphatic carbocycles. The molecule has 1 N–H and O–H groups in total. The molecule has 0 aliphatic rings. The highest BCUT2D eigenvalue weighted by Gasteiger charge is 2.04. The summed E-state index contributed by atoms with van der Waals surface area (Å²) in [5, 5.41) is 9.31. The van der Waals surface area contributed by atoms with Crippen molar-refractivity contribution in [1.82, 2.24) is 0 Å². The van der Waals surface area contributed by atoms with E-state index < -0.39 is 12.3 Å². The molecule has 0 fully saturated rings. The van der Waals surface area contributed by atoms with E-state index in [0.29, 0.717) is 0 Å². The summed E-state index contributed by atoms with van der Waals surface area (Å²) in [4.78, 5) is 11.6. The van der Waals surface area contributed by atoms with Gasteiger partial charge in [-0.15, -0.1) is 0 Å². The molecule has 2 aromatic rings. The van der Waals surface area contributed by atoms with Gasteiger partial charge in [-0.1, -0.05) is 36.4 Å². The molecule has 4 nitrogen and oxygen atoms in total. The Morgan fingerprint density at radius 1 is 1.17 bits per heavy atom. The van der Waals surface area contributed by atoms with Gasteiger partial charge in [0.05, 0.1) is 0 Å². The summed E-state index contributed by atoms with van der Waals surface area (Å²) in [6, 6.07) is 15.0. The van der Waals surface area contributed by atoms with Crippen LogP contribution >= 0.6 is 0 Å². The van der Waals surface area contributed by atoms with Gasteiger partial charge in [-0.3, -0.25) is 0 Å². The predicted molar refractivity (Wildman–Crippen MR) is 89.0 cm³/mol. The summed E-state index contributed by atoms with van der Waals surface area (Å²) in [7, 11) is 1.48. The van der Waals surface area contributed by atoms with Crippen LogP contribution in [0.2, 0.25) is 0 Å². The van der Waals surface area contributed by atoms with E-state index in [-0.39, 0.29) is 5.75 Å². The molecule has 0 aliphatic heterocycles. The number of aromatic hydroxyl groups is 1. The van der Waals surface area contributed by atoms with E-state index >= 15 is 0 Å². The maximum atomic E-state index is 11.6. The lowest BCUT2D eigenvalue weighted by Gasteiger charge is -2.08. The first-order valence-corrected chi connectivity index (χ1v) is 7.35. The van der Waals surface area contributed by atoms with Crippen LogP contribution in [0.4, 0.5) is 0 Å². The van der Waals surface area contributed by atoms with Gasteiger partial charge in [-0.05, 0) is 48.2 Å². The zero-order valence-electron chi connectivity index (χ0n) is 13.2. The van der Waals surface area contributed by atoms with E-state index in [1.54, 1.807) is 25.1 Å². The molecule has 0 amide bonds. The lowest BCUT2D eigenvalue weighted by atomic mass is 10.0. The zero-order chi connectivity index (χ0) is 16.7. The monoisotopic (exact) mass is 312 g/mol. The molecule has 0 bridgehead atoms. The Bertz CT molecular complexity index is 674. The minimum atomic E-state index is -0.562.